The van der Waals surface area contributed by atoms with Crippen LogP contribution in [-0.2, 0) is 4.79 Å². The van der Waals surface area contributed by atoms with E-state index in [1.54, 1.807) is 5.48 Å². The molecule has 1 aliphatic heterocycles. The minimum Gasteiger partial charge on any atom is -0.325 e. The molecule has 0 aliphatic carbocycles. The summed E-state index contributed by atoms with van der Waals surface area (Å²) in [6, 6.07) is 7.48. The summed E-state index contributed by atoms with van der Waals surface area (Å²) in [5, 5.41) is 17.3. The molecule has 27 heavy (non-hydrogen) atoms. The number of rotatable bonds is 6. The van der Waals surface area contributed by atoms with Crippen LogP contribution < -0.4 is 10.8 Å². The number of nitrogens with one attached hydrogen (secondary N) is 2. The molecule has 9 heteroatoms. The lowest BCUT2D eigenvalue weighted by atomic mass is 9.91. The van der Waals surface area contributed by atoms with Gasteiger partial charge >= 0.3 is 6.03 Å². The van der Waals surface area contributed by atoms with Crippen molar-refractivity contribution < 1.29 is 14.8 Å². The molecule has 8 nitrogen and oxygen atoms in total. The van der Waals surface area contributed by atoms with Gasteiger partial charge in [0.2, 0.25) is 5.91 Å². The van der Waals surface area contributed by atoms with Gasteiger partial charge in [-0.1, -0.05) is 16.6 Å². The third-order valence-electron chi connectivity index (χ3n) is 4.83. The van der Waals surface area contributed by atoms with Gasteiger partial charge in [-0.3, -0.25) is 10.0 Å². The molecule has 0 radical (unpaired) electrons. The average Bonchev–Trinajstić information content (AvgIpc) is 3.23. The molecule has 0 bridgehead atoms. The smallest absolute Gasteiger partial charge is 0.321 e. The highest BCUT2D eigenvalue weighted by Crippen LogP contribution is 2.24. The van der Waals surface area contributed by atoms with E-state index < -0.39 is 0 Å². The van der Waals surface area contributed by atoms with Crippen LogP contribution in [0.3, 0.4) is 0 Å². The van der Waals surface area contributed by atoms with Crippen molar-refractivity contribution >= 4 is 29.2 Å². The Balaban J connectivity index is 1.42. The lowest BCUT2D eigenvalue weighted by molar-refractivity contribution is -0.129. The minimum absolute atomic E-state index is 0.0869. The molecule has 1 saturated heterocycles. The summed E-state index contributed by atoms with van der Waals surface area (Å²) in [7, 11) is 0. The zero-order valence-electron chi connectivity index (χ0n) is 14.9. The summed E-state index contributed by atoms with van der Waals surface area (Å²) in [4.78, 5) is 25.3. The quantitative estimate of drug-likeness (QED) is 0.520. The highest BCUT2D eigenvalue weighted by atomic mass is 32.1. The lowest BCUT2D eigenvalue weighted by Gasteiger charge is -2.32. The standard InChI is InChI=1S/C18H23N5O3S/c24-17(21-26)3-1-2-13-8-10-23(11-9-13)18(25)19-15-6-4-14(5-7-15)16-12-27-22-20-16/h4-7,12-13,26H,1-3,8-11H2,(H,19,25)(H,21,24). The van der Waals surface area contributed by atoms with E-state index in [4.69, 9.17) is 5.21 Å². The maximum atomic E-state index is 12.4. The van der Waals surface area contributed by atoms with Crippen LogP contribution in [-0.4, -0.2) is 44.7 Å². The molecule has 3 N–H and O–H groups in total. The van der Waals surface area contributed by atoms with Crippen molar-refractivity contribution in [2.45, 2.75) is 32.1 Å². The number of anilines is 1. The van der Waals surface area contributed by atoms with Gasteiger partial charge in [-0.2, -0.15) is 0 Å². The van der Waals surface area contributed by atoms with E-state index in [1.807, 2.05) is 34.5 Å². The van der Waals surface area contributed by atoms with E-state index in [0.29, 0.717) is 25.4 Å². The fourth-order valence-corrected chi connectivity index (χ4v) is 3.71. The molecule has 1 aromatic carbocycles. The number of aromatic nitrogens is 2. The summed E-state index contributed by atoms with van der Waals surface area (Å²) in [5.74, 6) is 0.176. The van der Waals surface area contributed by atoms with E-state index >= 15 is 0 Å². The van der Waals surface area contributed by atoms with Gasteiger partial charge in [-0.15, -0.1) is 5.10 Å². The van der Waals surface area contributed by atoms with Crippen molar-refractivity contribution in [2.75, 3.05) is 18.4 Å². The monoisotopic (exact) mass is 389 g/mol. The van der Waals surface area contributed by atoms with Crippen LogP contribution in [0.25, 0.3) is 11.3 Å². The number of nitrogens with zero attached hydrogens (tertiary/aromatic N) is 3. The van der Waals surface area contributed by atoms with Crippen molar-refractivity contribution in [1.29, 1.82) is 0 Å². The first-order valence-corrected chi connectivity index (χ1v) is 9.85. The van der Waals surface area contributed by atoms with Crippen LogP contribution in [0.15, 0.2) is 29.6 Å². The van der Waals surface area contributed by atoms with Crippen LogP contribution >= 0.6 is 11.5 Å². The van der Waals surface area contributed by atoms with Gasteiger partial charge < -0.3 is 10.2 Å². The van der Waals surface area contributed by atoms with Gasteiger partial charge in [0, 0.05) is 36.1 Å². The Morgan fingerprint density at radius 1 is 1.22 bits per heavy atom. The molecule has 1 fully saturated rings. The molecule has 1 aliphatic rings. The van der Waals surface area contributed by atoms with Gasteiger partial charge in [0.15, 0.2) is 0 Å². The molecule has 144 valence electrons. The Hall–Kier alpha value is -2.52. The third kappa shape index (κ3) is 5.48. The zero-order chi connectivity index (χ0) is 19.1. The third-order valence-corrected chi connectivity index (χ3v) is 5.34. The average molecular weight is 389 g/mol. The van der Waals surface area contributed by atoms with E-state index in [2.05, 4.69) is 14.9 Å². The Morgan fingerprint density at radius 3 is 2.59 bits per heavy atom. The molecule has 0 spiro atoms. The normalized spacial score (nSPS) is 14.8. The number of piperidine rings is 1. The second kappa shape index (κ2) is 9.43. The summed E-state index contributed by atoms with van der Waals surface area (Å²) in [5.41, 5.74) is 4.21. The summed E-state index contributed by atoms with van der Waals surface area (Å²) in [6.07, 6.45) is 3.90. The number of urea groups is 1. The zero-order valence-corrected chi connectivity index (χ0v) is 15.7. The Kier molecular flexibility index (Phi) is 6.72. The van der Waals surface area contributed by atoms with Crippen molar-refractivity contribution in [3.63, 3.8) is 0 Å². The molecule has 0 unspecified atom stereocenters. The van der Waals surface area contributed by atoms with Gasteiger partial charge in [-0.25, -0.2) is 10.3 Å². The van der Waals surface area contributed by atoms with E-state index in [1.165, 1.54) is 11.5 Å². The van der Waals surface area contributed by atoms with Gasteiger partial charge in [-0.05, 0) is 55.3 Å². The first-order chi connectivity index (χ1) is 13.2. The Morgan fingerprint density at radius 2 is 1.96 bits per heavy atom. The number of benzene rings is 1. The Bertz CT molecular complexity index is 743. The van der Waals surface area contributed by atoms with E-state index in [-0.39, 0.29) is 11.9 Å². The van der Waals surface area contributed by atoms with Crippen LogP contribution in [0, 0.1) is 5.92 Å². The topological polar surface area (TPSA) is 107 Å². The second-order valence-corrected chi connectivity index (χ2v) is 7.27. The molecule has 3 amide bonds. The highest BCUT2D eigenvalue weighted by Gasteiger charge is 2.22. The van der Waals surface area contributed by atoms with Crippen molar-refractivity contribution in [2.24, 2.45) is 5.92 Å². The molecule has 3 rings (SSSR count). The van der Waals surface area contributed by atoms with Gasteiger partial charge in [0.1, 0.15) is 5.69 Å². The predicted octanol–water partition coefficient (Wildman–Crippen LogP) is 3.12. The number of carbonyl (C=O) groups excluding carboxylic acids is 2. The number of hydroxylamine groups is 1. The summed E-state index contributed by atoms with van der Waals surface area (Å²) in [6.45, 7) is 1.43. The maximum absolute atomic E-state index is 12.4. The van der Waals surface area contributed by atoms with Gasteiger partial charge in [0.05, 0.1) is 0 Å². The molecule has 2 heterocycles. The first kappa shape index (κ1) is 19.2. The lowest BCUT2D eigenvalue weighted by Crippen LogP contribution is -2.41. The molecule has 2 aromatic rings. The molecular formula is C18H23N5O3S. The number of likely N-dealkylation sites (tertiary alicyclic amines) is 1. The molecule has 0 atom stereocenters. The molecular weight excluding hydrogens is 366 g/mol. The molecule has 0 saturated carbocycles. The SMILES string of the molecule is O=C(CCCC1CCN(C(=O)Nc2ccc(-c3csnn3)cc2)CC1)NO. The van der Waals surface area contributed by atoms with Gasteiger partial charge in [0.25, 0.3) is 0 Å². The van der Waals surface area contributed by atoms with E-state index in [0.717, 1.165) is 42.6 Å². The van der Waals surface area contributed by atoms with E-state index in [9.17, 15) is 9.59 Å². The van der Waals surface area contributed by atoms with Crippen LogP contribution in [0.4, 0.5) is 10.5 Å². The van der Waals surface area contributed by atoms with Crippen molar-refractivity contribution in [3.05, 3.63) is 29.6 Å². The fraction of sp³-hybridized carbons (Fsp3) is 0.444. The highest BCUT2D eigenvalue weighted by molar-refractivity contribution is 7.03. The second-order valence-electron chi connectivity index (χ2n) is 6.66. The number of hydrogen-bond acceptors (Lipinski definition) is 6. The number of amides is 3. The van der Waals surface area contributed by atoms with Crippen LogP contribution in [0.5, 0.6) is 0 Å². The molecule has 1 aromatic heterocycles. The predicted molar refractivity (Wildman–Crippen MR) is 102 cm³/mol. The van der Waals surface area contributed by atoms with Crippen LogP contribution in [0.1, 0.15) is 32.1 Å². The minimum atomic E-state index is -0.344. The number of hydrogen-bond donors (Lipinski definition) is 3. The van der Waals surface area contributed by atoms with Crippen molar-refractivity contribution in [1.82, 2.24) is 20.0 Å². The van der Waals surface area contributed by atoms with Crippen molar-refractivity contribution in [3.8, 4) is 11.3 Å². The number of carbonyl (C=O) groups is 2. The van der Waals surface area contributed by atoms with Crippen LogP contribution in [0.2, 0.25) is 0 Å². The first-order valence-electron chi connectivity index (χ1n) is 9.02. The largest absolute Gasteiger partial charge is 0.325 e. The summed E-state index contributed by atoms with van der Waals surface area (Å²) >= 11 is 1.31. The Labute approximate surface area is 161 Å². The summed E-state index contributed by atoms with van der Waals surface area (Å²) < 4.78 is 3.85. The fourth-order valence-electron chi connectivity index (χ4n) is 3.25. The maximum Gasteiger partial charge on any atom is 0.321 e.